The summed E-state index contributed by atoms with van der Waals surface area (Å²) < 4.78 is 0.863. The third kappa shape index (κ3) is 2.73. The second-order valence-corrected chi connectivity index (χ2v) is 5.56. The monoisotopic (exact) mass is 283 g/mol. The number of hydrogen-bond acceptors (Lipinski definition) is 3. The van der Waals surface area contributed by atoms with Gasteiger partial charge in [0.2, 0.25) is 0 Å². The van der Waals surface area contributed by atoms with Crippen molar-refractivity contribution < 1.29 is 0 Å². The van der Waals surface area contributed by atoms with Gasteiger partial charge in [0.15, 0.2) is 0 Å². The van der Waals surface area contributed by atoms with Gasteiger partial charge in [-0.3, -0.25) is 0 Å². The molecule has 0 bridgehead atoms. The van der Waals surface area contributed by atoms with E-state index in [0.717, 1.165) is 22.2 Å². The van der Waals surface area contributed by atoms with E-state index < -0.39 is 0 Å². The van der Waals surface area contributed by atoms with E-state index in [1.165, 1.54) is 12.8 Å². The van der Waals surface area contributed by atoms with Crippen LogP contribution in [0.1, 0.15) is 45.4 Å². The number of halogens is 1. The van der Waals surface area contributed by atoms with Crippen LogP contribution in [0.4, 0.5) is 5.82 Å². The van der Waals surface area contributed by atoms with E-state index in [9.17, 15) is 0 Å². The summed E-state index contributed by atoms with van der Waals surface area (Å²) in [5.41, 5.74) is 0. The lowest BCUT2D eigenvalue weighted by Gasteiger charge is -2.09. The Morgan fingerprint density at radius 2 is 2.25 bits per heavy atom. The van der Waals surface area contributed by atoms with Crippen LogP contribution in [0.2, 0.25) is 0 Å². The molecule has 1 aromatic heterocycles. The van der Waals surface area contributed by atoms with Gasteiger partial charge in [0.25, 0.3) is 0 Å². The van der Waals surface area contributed by atoms with Crippen molar-refractivity contribution in [3.8, 4) is 0 Å². The van der Waals surface area contributed by atoms with Crippen molar-refractivity contribution in [2.24, 2.45) is 5.92 Å². The van der Waals surface area contributed by atoms with E-state index in [2.05, 4.69) is 52.0 Å². The quantitative estimate of drug-likeness (QED) is 0.859. The van der Waals surface area contributed by atoms with Crippen LogP contribution in [-0.4, -0.2) is 16.0 Å². The maximum absolute atomic E-state index is 4.53. The second kappa shape index (κ2) is 4.70. The van der Waals surface area contributed by atoms with Gasteiger partial charge in [0.05, 0.1) is 0 Å². The fourth-order valence-corrected chi connectivity index (χ4v) is 2.23. The number of nitrogens with one attached hydrogen (secondary N) is 1. The van der Waals surface area contributed by atoms with E-state index >= 15 is 0 Å². The van der Waals surface area contributed by atoms with Gasteiger partial charge < -0.3 is 5.32 Å². The Hall–Kier alpha value is -0.640. The van der Waals surface area contributed by atoms with Gasteiger partial charge >= 0.3 is 0 Å². The van der Waals surface area contributed by atoms with Gasteiger partial charge in [0.1, 0.15) is 16.2 Å². The first-order valence-corrected chi connectivity index (χ1v) is 6.70. The molecule has 3 nitrogen and oxygen atoms in total. The normalized spacial score (nSPS) is 23.6. The Labute approximate surface area is 105 Å². The molecule has 2 rings (SSSR count). The van der Waals surface area contributed by atoms with Crippen LogP contribution in [0.3, 0.4) is 0 Å². The van der Waals surface area contributed by atoms with Gasteiger partial charge in [0, 0.05) is 18.0 Å². The Morgan fingerprint density at radius 3 is 2.81 bits per heavy atom. The summed E-state index contributed by atoms with van der Waals surface area (Å²) in [6.07, 6.45) is 2.52. The van der Waals surface area contributed by atoms with Crippen molar-refractivity contribution in [2.75, 3.05) is 5.32 Å². The molecule has 1 fully saturated rings. The average molecular weight is 284 g/mol. The second-order valence-electron chi connectivity index (χ2n) is 4.74. The molecule has 88 valence electrons. The molecule has 0 saturated heterocycles. The minimum absolute atomic E-state index is 0.360. The zero-order chi connectivity index (χ0) is 11.7. The van der Waals surface area contributed by atoms with E-state index in [-0.39, 0.29) is 0 Å². The lowest BCUT2D eigenvalue weighted by Crippen LogP contribution is -2.09. The largest absolute Gasteiger partial charge is 0.367 e. The average Bonchev–Trinajstić information content (AvgIpc) is 2.95. The van der Waals surface area contributed by atoms with Crippen molar-refractivity contribution in [1.82, 2.24) is 9.97 Å². The molecule has 0 radical (unpaired) electrons. The van der Waals surface area contributed by atoms with Crippen LogP contribution < -0.4 is 5.32 Å². The van der Waals surface area contributed by atoms with Crippen molar-refractivity contribution in [3.63, 3.8) is 0 Å². The number of rotatable bonds is 4. The first-order valence-electron chi connectivity index (χ1n) is 5.91. The molecular weight excluding hydrogens is 266 g/mol. The molecule has 1 N–H and O–H groups in total. The molecule has 0 aliphatic heterocycles. The summed E-state index contributed by atoms with van der Waals surface area (Å²) in [4.78, 5) is 8.90. The molecule has 2 atom stereocenters. The fourth-order valence-electron chi connectivity index (χ4n) is 1.83. The molecule has 4 heteroatoms. The van der Waals surface area contributed by atoms with E-state index in [1.54, 1.807) is 0 Å². The topological polar surface area (TPSA) is 37.8 Å². The van der Waals surface area contributed by atoms with E-state index in [0.29, 0.717) is 12.0 Å². The van der Waals surface area contributed by atoms with Crippen LogP contribution in [-0.2, 0) is 0 Å². The Morgan fingerprint density at radius 1 is 1.50 bits per heavy atom. The van der Waals surface area contributed by atoms with Crippen LogP contribution in [0, 0.1) is 5.92 Å². The van der Waals surface area contributed by atoms with Gasteiger partial charge in [-0.25, -0.2) is 9.97 Å². The van der Waals surface area contributed by atoms with Crippen molar-refractivity contribution in [3.05, 3.63) is 16.5 Å². The van der Waals surface area contributed by atoms with Crippen LogP contribution in [0.25, 0.3) is 0 Å². The number of nitrogens with zero attached hydrogens (tertiary/aromatic N) is 2. The molecule has 1 aliphatic carbocycles. The fraction of sp³-hybridized carbons (Fsp3) is 0.667. The predicted molar refractivity (Wildman–Crippen MR) is 69.6 cm³/mol. The smallest absolute Gasteiger partial charge is 0.134 e. The third-order valence-electron chi connectivity index (χ3n) is 3.01. The lowest BCUT2D eigenvalue weighted by molar-refractivity contribution is 0.757. The molecule has 1 saturated carbocycles. The number of aromatic nitrogens is 2. The summed E-state index contributed by atoms with van der Waals surface area (Å²) in [5, 5.41) is 3.47. The van der Waals surface area contributed by atoms with Gasteiger partial charge in [-0.2, -0.15) is 0 Å². The molecular formula is C12H18BrN3. The minimum Gasteiger partial charge on any atom is -0.367 e. The summed E-state index contributed by atoms with van der Waals surface area (Å²) in [7, 11) is 0. The maximum atomic E-state index is 4.53. The summed E-state index contributed by atoms with van der Waals surface area (Å²) >= 11 is 3.43. The molecule has 16 heavy (non-hydrogen) atoms. The standard InChI is InChI=1S/C12H18BrN3/c1-4-8-5-9(8)14-11-6-10(13)15-12(16-11)7(2)3/h6-9H,4-5H2,1-3H3,(H,14,15,16). The Balaban J connectivity index is 2.09. The Kier molecular flexibility index (Phi) is 3.47. The first kappa shape index (κ1) is 11.8. The minimum atomic E-state index is 0.360. The van der Waals surface area contributed by atoms with E-state index in [4.69, 9.17) is 0 Å². The molecule has 2 unspecified atom stereocenters. The van der Waals surface area contributed by atoms with Crippen LogP contribution in [0.5, 0.6) is 0 Å². The van der Waals surface area contributed by atoms with Crippen molar-refractivity contribution >= 4 is 21.7 Å². The molecule has 0 amide bonds. The maximum Gasteiger partial charge on any atom is 0.134 e. The molecule has 1 aliphatic rings. The van der Waals surface area contributed by atoms with E-state index in [1.807, 2.05) is 6.07 Å². The summed E-state index contributed by atoms with van der Waals surface area (Å²) in [6.45, 7) is 6.46. The van der Waals surface area contributed by atoms with Crippen LogP contribution in [0.15, 0.2) is 10.7 Å². The first-order chi connectivity index (χ1) is 7.60. The SMILES string of the molecule is CCC1CC1Nc1cc(Br)nc(C(C)C)n1. The summed E-state index contributed by atoms with van der Waals surface area (Å²) in [5.74, 6) is 3.03. The highest BCUT2D eigenvalue weighted by atomic mass is 79.9. The number of anilines is 1. The molecule has 1 aromatic rings. The summed E-state index contributed by atoms with van der Waals surface area (Å²) in [6, 6.07) is 2.57. The zero-order valence-electron chi connectivity index (χ0n) is 10.00. The zero-order valence-corrected chi connectivity index (χ0v) is 11.6. The van der Waals surface area contributed by atoms with Gasteiger partial charge in [-0.05, 0) is 28.3 Å². The lowest BCUT2D eigenvalue weighted by atomic mass is 10.2. The van der Waals surface area contributed by atoms with Gasteiger partial charge in [-0.15, -0.1) is 0 Å². The highest BCUT2D eigenvalue weighted by molar-refractivity contribution is 9.10. The van der Waals surface area contributed by atoms with Crippen molar-refractivity contribution in [2.45, 2.75) is 45.6 Å². The molecule has 0 aromatic carbocycles. The third-order valence-corrected chi connectivity index (χ3v) is 3.42. The predicted octanol–water partition coefficient (Wildman–Crippen LogP) is 3.57. The van der Waals surface area contributed by atoms with Crippen molar-refractivity contribution in [1.29, 1.82) is 0 Å². The molecule has 1 heterocycles. The molecule has 0 spiro atoms. The Bertz CT molecular complexity index is 379. The van der Waals surface area contributed by atoms with Gasteiger partial charge in [-0.1, -0.05) is 27.2 Å². The number of hydrogen-bond donors (Lipinski definition) is 1. The highest BCUT2D eigenvalue weighted by Gasteiger charge is 2.35. The highest BCUT2D eigenvalue weighted by Crippen LogP contribution is 2.36. The van der Waals surface area contributed by atoms with Crippen LogP contribution >= 0.6 is 15.9 Å².